The maximum atomic E-state index is 4.72. The highest BCUT2D eigenvalue weighted by Gasteiger charge is 2.25. The molecule has 3 aromatic rings. The summed E-state index contributed by atoms with van der Waals surface area (Å²) in [5.74, 6) is 1.75. The van der Waals surface area contributed by atoms with Crippen molar-refractivity contribution in [2.75, 3.05) is 44.0 Å². The molecule has 0 N–H and O–H groups in total. The zero-order chi connectivity index (χ0) is 19.7. The van der Waals surface area contributed by atoms with Gasteiger partial charge in [-0.05, 0) is 37.1 Å². The van der Waals surface area contributed by atoms with E-state index in [4.69, 9.17) is 4.98 Å². The van der Waals surface area contributed by atoms with Gasteiger partial charge in [-0.15, -0.1) is 0 Å². The molecule has 0 spiro atoms. The minimum absolute atomic E-state index is 0.432. The monoisotopic (exact) mass is 378 g/mol. The molecule has 1 aliphatic rings. The van der Waals surface area contributed by atoms with E-state index in [0.29, 0.717) is 6.04 Å². The lowest BCUT2D eigenvalue weighted by Crippen LogP contribution is -2.46. The van der Waals surface area contributed by atoms with E-state index in [-0.39, 0.29) is 0 Å². The molecule has 6 heteroatoms. The summed E-state index contributed by atoms with van der Waals surface area (Å²) < 4.78 is 2.23. The van der Waals surface area contributed by atoms with Crippen LogP contribution in [0.25, 0.3) is 10.9 Å². The number of hydrogen-bond donors (Lipinski definition) is 0. The Balaban J connectivity index is 1.49. The zero-order valence-corrected chi connectivity index (χ0v) is 17.3. The molecule has 0 aliphatic carbocycles. The largest absolute Gasteiger partial charge is 0.363 e. The Labute approximate surface area is 167 Å². The van der Waals surface area contributed by atoms with Gasteiger partial charge in [-0.2, -0.15) is 4.98 Å². The fraction of sp³-hybridized carbons (Fsp3) is 0.455. The highest BCUT2D eigenvalue weighted by Crippen LogP contribution is 2.25. The van der Waals surface area contributed by atoms with Crippen LogP contribution in [0.4, 0.5) is 11.8 Å². The van der Waals surface area contributed by atoms with Gasteiger partial charge in [0.1, 0.15) is 5.82 Å². The van der Waals surface area contributed by atoms with Gasteiger partial charge in [0.25, 0.3) is 0 Å². The molecule has 0 amide bonds. The molecule has 3 heterocycles. The molecule has 28 heavy (non-hydrogen) atoms. The normalized spacial score (nSPS) is 17.8. The fourth-order valence-electron chi connectivity index (χ4n) is 4.20. The molecule has 1 saturated heterocycles. The number of hydrogen-bond acceptors (Lipinski definition) is 5. The van der Waals surface area contributed by atoms with Gasteiger partial charge in [0.15, 0.2) is 0 Å². The van der Waals surface area contributed by atoms with Gasteiger partial charge >= 0.3 is 0 Å². The number of fused-ring (bicyclic) bond motifs is 1. The molecular weight excluding hydrogens is 348 g/mol. The smallest absolute Gasteiger partial charge is 0.227 e. The number of rotatable bonds is 5. The molecule has 6 nitrogen and oxygen atoms in total. The molecule has 0 bridgehead atoms. The van der Waals surface area contributed by atoms with Gasteiger partial charge in [0, 0.05) is 70.6 Å². The van der Waals surface area contributed by atoms with Crippen molar-refractivity contribution in [3.8, 4) is 0 Å². The minimum atomic E-state index is 0.432. The van der Waals surface area contributed by atoms with Crippen LogP contribution in [0.2, 0.25) is 0 Å². The molecule has 2 aromatic heterocycles. The zero-order valence-electron chi connectivity index (χ0n) is 17.3. The Morgan fingerprint density at radius 1 is 1.14 bits per heavy atom. The van der Waals surface area contributed by atoms with Gasteiger partial charge < -0.3 is 14.4 Å². The lowest BCUT2D eigenvalue weighted by molar-refractivity contribution is 0.198. The third-order valence-corrected chi connectivity index (χ3v) is 5.80. The first kappa shape index (κ1) is 18.7. The molecule has 4 rings (SSSR count). The van der Waals surface area contributed by atoms with Crippen molar-refractivity contribution in [2.45, 2.75) is 25.4 Å². The maximum absolute atomic E-state index is 4.72. The van der Waals surface area contributed by atoms with Crippen molar-refractivity contribution in [1.82, 2.24) is 19.4 Å². The number of likely N-dealkylation sites (N-methyl/N-ethyl adjacent to an activating group) is 1. The van der Waals surface area contributed by atoms with Gasteiger partial charge in [-0.25, -0.2) is 4.98 Å². The molecule has 0 radical (unpaired) electrons. The number of para-hydroxylation sites is 1. The molecule has 0 saturated carbocycles. The van der Waals surface area contributed by atoms with E-state index in [1.165, 1.54) is 29.3 Å². The van der Waals surface area contributed by atoms with Crippen LogP contribution in [0.1, 0.15) is 18.4 Å². The summed E-state index contributed by atoms with van der Waals surface area (Å²) in [6.07, 6.45) is 6.51. The average molecular weight is 379 g/mol. The van der Waals surface area contributed by atoms with Gasteiger partial charge in [-0.3, -0.25) is 4.90 Å². The third-order valence-electron chi connectivity index (χ3n) is 5.80. The van der Waals surface area contributed by atoms with E-state index in [2.05, 4.69) is 63.9 Å². The molecule has 1 aromatic carbocycles. The van der Waals surface area contributed by atoms with Crippen molar-refractivity contribution >= 4 is 22.7 Å². The first-order valence-electron chi connectivity index (χ1n) is 10.0. The first-order chi connectivity index (χ1) is 13.5. The van der Waals surface area contributed by atoms with Crippen molar-refractivity contribution in [1.29, 1.82) is 0 Å². The van der Waals surface area contributed by atoms with Gasteiger partial charge in [-0.1, -0.05) is 18.2 Å². The van der Waals surface area contributed by atoms with Crippen LogP contribution in [-0.2, 0) is 13.6 Å². The lowest BCUT2D eigenvalue weighted by atomic mass is 10.0. The van der Waals surface area contributed by atoms with Gasteiger partial charge in [0.05, 0.1) is 0 Å². The van der Waals surface area contributed by atoms with Crippen molar-refractivity contribution in [2.24, 2.45) is 7.05 Å². The molecule has 1 unspecified atom stereocenters. The summed E-state index contributed by atoms with van der Waals surface area (Å²) >= 11 is 0. The number of nitrogens with zero attached hydrogens (tertiary/aromatic N) is 6. The molecule has 1 fully saturated rings. The Bertz CT molecular complexity index is 947. The fourth-order valence-corrected chi connectivity index (χ4v) is 4.20. The number of benzene rings is 1. The topological polar surface area (TPSA) is 40.4 Å². The SMILES string of the molecule is CN(C)c1ccnc(N(C)C2CCCN(Cc3cn(C)c4ccccc34)C2)n1. The van der Waals surface area contributed by atoms with Crippen molar-refractivity contribution < 1.29 is 0 Å². The van der Waals surface area contributed by atoms with E-state index in [9.17, 15) is 0 Å². The van der Waals surface area contributed by atoms with Crippen LogP contribution in [0.3, 0.4) is 0 Å². The highest BCUT2D eigenvalue weighted by atomic mass is 15.3. The summed E-state index contributed by atoms with van der Waals surface area (Å²) in [6.45, 7) is 3.17. The van der Waals surface area contributed by atoms with Crippen LogP contribution in [0, 0.1) is 0 Å². The Hall–Kier alpha value is -2.60. The number of likely N-dealkylation sites (tertiary alicyclic amines) is 1. The lowest BCUT2D eigenvalue weighted by Gasteiger charge is -2.37. The predicted molar refractivity (Wildman–Crippen MR) is 116 cm³/mol. The summed E-state index contributed by atoms with van der Waals surface area (Å²) in [5, 5.41) is 1.36. The van der Waals surface area contributed by atoms with Crippen LogP contribution >= 0.6 is 0 Å². The maximum Gasteiger partial charge on any atom is 0.227 e. The second-order valence-electron chi connectivity index (χ2n) is 8.03. The second kappa shape index (κ2) is 7.80. The van der Waals surface area contributed by atoms with E-state index < -0.39 is 0 Å². The number of piperidine rings is 1. The summed E-state index contributed by atoms with van der Waals surface area (Å²) in [6, 6.07) is 11.1. The quantitative estimate of drug-likeness (QED) is 0.682. The summed E-state index contributed by atoms with van der Waals surface area (Å²) in [7, 11) is 8.28. The van der Waals surface area contributed by atoms with Crippen LogP contribution in [0.5, 0.6) is 0 Å². The minimum Gasteiger partial charge on any atom is -0.363 e. The third kappa shape index (κ3) is 3.69. The Morgan fingerprint density at radius 2 is 1.96 bits per heavy atom. The first-order valence-corrected chi connectivity index (χ1v) is 10.0. The number of aryl methyl sites for hydroxylation is 1. The van der Waals surface area contributed by atoms with E-state index in [1.807, 2.05) is 31.3 Å². The highest BCUT2D eigenvalue weighted by molar-refractivity contribution is 5.83. The van der Waals surface area contributed by atoms with E-state index in [0.717, 1.165) is 31.4 Å². The second-order valence-corrected chi connectivity index (χ2v) is 8.03. The number of anilines is 2. The molecule has 1 aliphatic heterocycles. The van der Waals surface area contributed by atoms with E-state index >= 15 is 0 Å². The predicted octanol–water partition coefficient (Wildman–Crippen LogP) is 3.14. The van der Waals surface area contributed by atoms with Crippen molar-refractivity contribution in [3.63, 3.8) is 0 Å². The van der Waals surface area contributed by atoms with E-state index in [1.54, 1.807) is 0 Å². The summed E-state index contributed by atoms with van der Waals surface area (Å²) in [4.78, 5) is 16.1. The molecule has 1 atom stereocenters. The average Bonchev–Trinajstić information content (AvgIpc) is 3.03. The Morgan fingerprint density at radius 3 is 2.79 bits per heavy atom. The van der Waals surface area contributed by atoms with Gasteiger partial charge in [0.2, 0.25) is 5.95 Å². The number of aromatic nitrogens is 3. The van der Waals surface area contributed by atoms with Crippen molar-refractivity contribution in [3.05, 3.63) is 48.3 Å². The van der Waals surface area contributed by atoms with Crippen LogP contribution in [-0.4, -0.2) is 59.7 Å². The molecule has 148 valence electrons. The van der Waals surface area contributed by atoms with Crippen LogP contribution < -0.4 is 9.80 Å². The van der Waals surface area contributed by atoms with Crippen LogP contribution in [0.15, 0.2) is 42.7 Å². The Kier molecular flexibility index (Phi) is 5.22. The summed E-state index contributed by atoms with van der Waals surface area (Å²) in [5.41, 5.74) is 2.71. The standard InChI is InChI=1S/C22H30N6/c1-25(2)21-11-12-23-22(24-21)27(4)18-8-7-13-28(16-18)15-17-14-26(3)20-10-6-5-9-19(17)20/h5-6,9-12,14,18H,7-8,13,15-16H2,1-4H3. The molecular formula is C22H30N6.